The quantitative estimate of drug-likeness (QED) is 0.801. The van der Waals surface area contributed by atoms with Gasteiger partial charge in [-0.3, -0.25) is 0 Å². The van der Waals surface area contributed by atoms with Crippen molar-refractivity contribution in [3.63, 3.8) is 0 Å². The van der Waals surface area contributed by atoms with Crippen LogP contribution in [0.1, 0.15) is 28.3 Å². The Morgan fingerprint density at radius 2 is 2.15 bits per heavy atom. The molecule has 2 heterocycles. The molecule has 0 spiro atoms. The van der Waals surface area contributed by atoms with Crippen LogP contribution in [0.2, 0.25) is 0 Å². The number of anilines is 1. The smallest absolute Gasteiger partial charge is 0.130 e. The van der Waals surface area contributed by atoms with Crippen LogP contribution in [-0.4, -0.2) is 11.5 Å². The standard InChI is InChI=1S/C17H13N3/c1-2-16-15(10-18)14(7-8-19-16)13-9-12-5-3-4-6-17(12)20-11-13/h1,3-8,13,20H,9,11H2. The lowest BCUT2D eigenvalue weighted by molar-refractivity contribution is 0.691. The van der Waals surface area contributed by atoms with Crippen LogP contribution in [0, 0.1) is 23.7 Å². The van der Waals surface area contributed by atoms with E-state index in [1.165, 1.54) is 11.3 Å². The van der Waals surface area contributed by atoms with Crippen LogP contribution in [0.4, 0.5) is 5.69 Å². The van der Waals surface area contributed by atoms with Crippen LogP contribution in [-0.2, 0) is 6.42 Å². The lowest BCUT2D eigenvalue weighted by atomic mass is 9.86. The predicted molar refractivity (Wildman–Crippen MR) is 78.3 cm³/mol. The third kappa shape index (κ3) is 2.00. The van der Waals surface area contributed by atoms with E-state index in [-0.39, 0.29) is 5.92 Å². The third-order valence-electron chi connectivity index (χ3n) is 3.69. The molecular weight excluding hydrogens is 246 g/mol. The first-order valence-corrected chi connectivity index (χ1v) is 6.51. The van der Waals surface area contributed by atoms with E-state index < -0.39 is 0 Å². The number of hydrogen-bond acceptors (Lipinski definition) is 3. The molecular formula is C17H13N3. The lowest BCUT2D eigenvalue weighted by Crippen LogP contribution is -2.22. The number of rotatable bonds is 1. The van der Waals surface area contributed by atoms with Crippen molar-refractivity contribution in [3.05, 3.63) is 58.9 Å². The fourth-order valence-corrected chi connectivity index (χ4v) is 2.71. The van der Waals surface area contributed by atoms with Crippen molar-refractivity contribution < 1.29 is 0 Å². The Morgan fingerprint density at radius 3 is 2.95 bits per heavy atom. The van der Waals surface area contributed by atoms with Crippen LogP contribution in [0.5, 0.6) is 0 Å². The fraction of sp³-hybridized carbons (Fsp3) is 0.176. The molecule has 1 aromatic heterocycles. The second-order valence-electron chi connectivity index (χ2n) is 4.82. The number of terminal acetylenes is 1. The maximum atomic E-state index is 9.35. The van der Waals surface area contributed by atoms with Crippen molar-refractivity contribution in [1.29, 1.82) is 5.26 Å². The number of pyridine rings is 1. The Morgan fingerprint density at radius 1 is 1.30 bits per heavy atom. The van der Waals surface area contributed by atoms with Crippen LogP contribution in [0.25, 0.3) is 0 Å². The Balaban J connectivity index is 2.01. The molecule has 96 valence electrons. The summed E-state index contributed by atoms with van der Waals surface area (Å²) in [6.07, 6.45) is 8.02. The van der Waals surface area contributed by atoms with Gasteiger partial charge in [0.1, 0.15) is 11.8 Å². The number of aromatic nitrogens is 1. The van der Waals surface area contributed by atoms with E-state index in [0.717, 1.165) is 18.5 Å². The van der Waals surface area contributed by atoms with Crippen LogP contribution in [0.3, 0.4) is 0 Å². The normalized spacial score (nSPS) is 16.4. The minimum atomic E-state index is 0.245. The highest BCUT2D eigenvalue weighted by atomic mass is 14.9. The number of hydrogen-bond donors (Lipinski definition) is 1. The molecule has 1 atom stereocenters. The highest BCUT2D eigenvalue weighted by Gasteiger charge is 2.23. The molecule has 1 aliphatic heterocycles. The number of nitrogens with zero attached hydrogens (tertiary/aromatic N) is 2. The summed E-state index contributed by atoms with van der Waals surface area (Å²) in [5, 5.41) is 12.8. The van der Waals surface area contributed by atoms with Gasteiger partial charge in [0.15, 0.2) is 0 Å². The molecule has 1 aromatic carbocycles. The molecule has 1 unspecified atom stereocenters. The summed E-state index contributed by atoms with van der Waals surface area (Å²) in [6.45, 7) is 0.805. The molecule has 2 aromatic rings. The van der Waals surface area contributed by atoms with Crippen molar-refractivity contribution >= 4 is 5.69 Å². The Labute approximate surface area is 118 Å². The molecule has 20 heavy (non-hydrogen) atoms. The Hall–Kier alpha value is -2.78. The lowest BCUT2D eigenvalue weighted by Gasteiger charge is -2.27. The van der Waals surface area contributed by atoms with E-state index in [1.807, 2.05) is 18.2 Å². The summed E-state index contributed by atoms with van der Waals surface area (Å²) < 4.78 is 0. The third-order valence-corrected chi connectivity index (χ3v) is 3.69. The Bertz CT molecular complexity index is 735. The van der Waals surface area contributed by atoms with E-state index in [9.17, 15) is 5.26 Å². The number of nitriles is 1. The predicted octanol–water partition coefficient (Wildman–Crippen LogP) is 2.69. The second-order valence-corrected chi connectivity index (χ2v) is 4.82. The number of para-hydroxylation sites is 1. The van der Waals surface area contributed by atoms with Crippen molar-refractivity contribution in [3.8, 4) is 18.4 Å². The first-order valence-electron chi connectivity index (χ1n) is 6.51. The van der Waals surface area contributed by atoms with E-state index in [0.29, 0.717) is 11.3 Å². The van der Waals surface area contributed by atoms with Gasteiger partial charge in [-0.25, -0.2) is 4.98 Å². The fourth-order valence-electron chi connectivity index (χ4n) is 2.71. The summed E-state index contributed by atoms with van der Waals surface area (Å²) in [5.41, 5.74) is 4.39. The van der Waals surface area contributed by atoms with Crippen molar-refractivity contribution in [2.75, 3.05) is 11.9 Å². The van der Waals surface area contributed by atoms with Crippen molar-refractivity contribution in [1.82, 2.24) is 4.98 Å². The summed E-state index contributed by atoms with van der Waals surface area (Å²) >= 11 is 0. The van der Waals surface area contributed by atoms with E-state index >= 15 is 0 Å². The summed E-state index contributed by atoms with van der Waals surface area (Å²) in [7, 11) is 0. The average molecular weight is 259 g/mol. The molecule has 1 aliphatic rings. The van der Waals surface area contributed by atoms with Gasteiger partial charge < -0.3 is 5.32 Å². The average Bonchev–Trinajstić information content (AvgIpc) is 2.53. The van der Waals surface area contributed by atoms with Gasteiger partial charge >= 0.3 is 0 Å². The summed E-state index contributed by atoms with van der Waals surface area (Å²) in [5.74, 6) is 2.74. The van der Waals surface area contributed by atoms with Gasteiger partial charge in [-0.2, -0.15) is 5.26 Å². The SMILES string of the molecule is C#Cc1nccc(C2CNc3ccccc3C2)c1C#N. The topological polar surface area (TPSA) is 48.7 Å². The number of nitrogens with one attached hydrogen (secondary N) is 1. The van der Waals surface area contributed by atoms with E-state index in [1.54, 1.807) is 6.20 Å². The molecule has 0 fully saturated rings. The molecule has 3 nitrogen and oxygen atoms in total. The summed E-state index contributed by atoms with van der Waals surface area (Å²) in [6, 6.07) is 12.4. The molecule has 0 bridgehead atoms. The van der Waals surface area contributed by atoms with Gasteiger partial charge in [0.2, 0.25) is 0 Å². The molecule has 3 rings (SSSR count). The van der Waals surface area contributed by atoms with Gasteiger partial charge in [0.25, 0.3) is 0 Å². The van der Waals surface area contributed by atoms with Crippen LogP contribution >= 0.6 is 0 Å². The maximum Gasteiger partial charge on any atom is 0.130 e. The van der Waals surface area contributed by atoms with Gasteiger partial charge in [-0.1, -0.05) is 18.2 Å². The highest BCUT2D eigenvalue weighted by Crippen LogP contribution is 2.32. The van der Waals surface area contributed by atoms with E-state index in [4.69, 9.17) is 6.42 Å². The Kier molecular flexibility index (Phi) is 3.11. The molecule has 0 saturated heterocycles. The van der Waals surface area contributed by atoms with Gasteiger partial charge in [0.05, 0.1) is 5.56 Å². The number of fused-ring (bicyclic) bond motifs is 1. The zero-order valence-electron chi connectivity index (χ0n) is 10.9. The molecule has 0 radical (unpaired) electrons. The maximum absolute atomic E-state index is 9.35. The van der Waals surface area contributed by atoms with Crippen LogP contribution in [0.15, 0.2) is 36.5 Å². The minimum absolute atomic E-state index is 0.245. The second kappa shape index (κ2) is 5.07. The number of benzene rings is 1. The molecule has 0 amide bonds. The highest BCUT2D eigenvalue weighted by molar-refractivity contribution is 5.56. The molecule has 0 saturated carbocycles. The van der Waals surface area contributed by atoms with Crippen molar-refractivity contribution in [2.24, 2.45) is 0 Å². The molecule has 3 heteroatoms. The van der Waals surface area contributed by atoms with Crippen LogP contribution < -0.4 is 5.32 Å². The largest absolute Gasteiger partial charge is 0.384 e. The first-order chi connectivity index (χ1) is 9.83. The molecule has 0 aliphatic carbocycles. The van der Waals surface area contributed by atoms with Gasteiger partial charge in [-0.05, 0) is 35.6 Å². The molecule has 1 N–H and O–H groups in total. The zero-order chi connectivity index (χ0) is 13.9. The monoisotopic (exact) mass is 259 g/mol. The van der Waals surface area contributed by atoms with Crippen molar-refractivity contribution in [2.45, 2.75) is 12.3 Å². The first kappa shape index (κ1) is 12.3. The minimum Gasteiger partial charge on any atom is -0.384 e. The van der Waals surface area contributed by atoms with Gasteiger partial charge in [0, 0.05) is 24.3 Å². The van der Waals surface area contributed by atoms with Gasteiger partial charge in [-0.15, -0.1) is 6.42 Å². The summed E-state index contributed by atoms with van der Waals surface area (Å²) in [4.78, 5) is 4.09. The van der Waals surface area contributed by atoms with E-state index in [2.05, 4.69) is 34.4 Å². The zero-order valence-corrected chi connectivity index (χ0v) is 10.9.